The molecule has 2 atom stereocenters. The molecule has 1 rings (SSSR count). The van der Waals surface area contributed by atoms with Crippen LogP contribution in [-0.4, -0.2) is 22.5 Å². The second-order valence-electron chi connectivity index (χ2n) is 4.85. The first-order valence-electron chi connectivity index (χ1n) is 6.26. The van der Waals surface area contributed by atoms with Crippen LogP contribution < -0.4 is 5.32 Å². The van der Waals surface area contributed by atoms with Crippen LogP contribution in [0, 0.1) is 0 Å². The van der Waals surface area contributed by atoms with Crippen molar-refractivity contribution in [2.75, 3.05) is 0 Å². The van der Waals surface area contributed by atoms with Gasteiger partial charge in [0.2, 0.25) is 0 Å². The summed E-state index contributed by atoms with van der Waals surface area (Å²) in [7, 11) is 0. The molecule has 18 heavy (non-hydrogen) atoms. The third-order valence-electron chi connectivity index (χ3n) is 2.72. The van der Waals surface area contributed by atoms with E-state index in [4.69, 9.17) is 11.6 Å². The predicted octanol–water partition coefficient (Wildman–Crippen LogP) is 3.70. The first kappa shape index (κ1) is 15.8. The van der Waals surface area contributed by atoms with Crippen LogP contribution in [0.4, 0.5) is 0 Å². The number of halogens is 1. The van der Waals surface area contributed by atoms with E-state index < -0.39 is 0 Å². The highest BCUT2D eigenvalue weighted by Crippen LogP contribution is 2.31. The van der Waals surface area contributed by atoms with Crippen molar-refractivity contribution in [2.45, 2.75) is 56.5 Å². The molecule has 1 aromatic carbocycles. The van der Waals surface area contributed by atoms with Crippen molar-refractivity contribution in [1.82, 2.24) is 5.32 Å². The molecule has 0 aliphatic carbocycles. The Morgan fingerprint density at radius 1 is 1.28 bits per heavy atom. The second-order valence-corrected chi connectivity index (χ2v) is 6.71. The average molecular weight is 288 g/mol. The molecule has 0 heterocycles. The molecule has 0 spiro atoms. The van der Waals surface area contributed by atoms with Crippen LogP contribution in [0.1, 0.15) is 33.3 Å². The van der Waals surface area contributed by atoms with Crippen LogP contribution in [0.3, 0.4) is 0 Å². The van der Waals surface area contributed by atoms with Crippen LogP contribution in [0.15, 0.2) is 23.1 Å². The number of aliphatic hydroxyl groups is 1. The highest BCUT2D eigenvalue weighted by molar-refractivity contribution is 8.00. The van der Waals surface area contributed by atoms with Crippen LogP contribution in [0.2, 0.25) is 5.02 Å². The summed E-state index contributed by atoms with van der Waals surface area (Å²) in [6.07, 6.45) is -0.333. The number of hydrogen-bond donors (Lipinski definition) is 2. The second kappa shape index (κ2) is 7.39. The molecule has 0 saturated carbocycles. The summed E-state index contributed by atoms with van der Waals surface area (Å²) in [4.78, 5) is 1.14. The fourth-order valence-corrected chi connectivity index (χ4v) is 2.72. The van der Waals surface area contributed by atoms with E-state index in [1.165, 1.54) is 5.56 Å². The summed E-state index contributed by atoms with van der Waals surface area (Å²) >= 11 is 7.72. The minimum Gasteiger partial charge on any atom is -0.392 e. The lowest BCUT2D eigenvalue weighted by Gasteiger charge is -2.18. The van der Waals surface area contributed by atoms with Gasteiger partial charge in [-0.2, -0.15) is 0 Å². The third-order valence-corrected chi connectivity index (χ3v) is 4.36. The van der Waals surface area contributed by atoms with Crippen LogP contribution in [0.25, 0.3) is 0 Å². The molecular formula is C14H22ClNOS. The summed E-state index contributed by atoms with van der Waals surface area (Å²) in [6, 6.07) is 6.39. The van der Waals surface area contributed by atoms with Gasteiger partial charge in [0.25, 0.3) is 0 Å². The lowest BCUT2D eigenvalue weighted by Crippen LogP contribution is -2.22. The van der Waals surface area contributed by atoms with E-state index in [9.17, 15) is 5.11 Å². The zero-order valence-electron chi connectivity index (χ0n) is 11.4. The molecule has 0 aromatic heterocycles. The molecule has 1 aromatic rings. The van der Waals surface area contributed by atoms with E-state index in [0.717, 1.165) is 16.5 Å². The van der Waals surface area contributed by atoms with Gasteiger partial charge in [0.15, 0.2) is 0 Å². The van der Waals surface area contributed by atoms with Crippen LogP contribution in [-0.2, 0) is 6.54 Å². The fraction of sp³-hybridized carbons (Fsp3) is 0.571. The zero-order chi connectivity index (χ0) is 13.7. The predicted molar refractivity (Wildman–Crippen MR) is 80.4 cm³/mol. The molecule has 2 nitrogen and oxygen atoms in total. The summed E-state index contributed by atoms with van der Waals surface area (Å²) in [5.41, 5.74) is 1.23. The van der Waals surface area contributed by atoms with Crippen molar-refractivity contribution >= 4 is 23.4 Å². The molecule has 0 saturated heterocycles. The highest BCUT2D eigenvalue weighted by Gasteiger charge is 2.13. The normalized spacial score (nSPS) is 14.8. The summed E-state index contributed by atoms with van der Waals surface area (Å²) in [6.45, 7) is 8.91. The largest absolute Gasteiger partial charge is 0.392 e. The van der Waals surface area contributed by atoms with Gasteiger partial charge in [-0.15, -0.1) is 11.8 Å². The molecule has 0 aliphatic heterocycles. The smallest absolute Gasteiger partial charge is 0.0631 e. The average Bonchev–Trinajstić information content (AvgIpc) is 2.27. The van der Waals surface area contributed by atoms with Gasteiger partial charge in [0, 0.05) is 27.8 Å². The first-order chi connectivity index (χ1) is 8.40. The molecule has 0 radical (unpaired) electrons. The van der Waals surface area contributed by atoms with Crippen molar-refractivity contribution in [3.05, 3.63) is 28.8 Å². The number of nitrogens with one attached hydrogen (secondary N) is 1. The summed E-state index contributed by atoms with van der Waals surface area (Å²) < 4.78 is 0. The van der Waals surface area contributed by atoms with Crippen molar-refractivity contribution in [3.8, 4) is 0 Å². The summed E-state index contributed by atoms with van der Waals surface area (Å²) in [5, 5.41) is 13.9. The Bertz CT molecular complexity index is 382. The van der Waals surface area contributed by atoms with Gasteiger partial charge in [0.05, 0.1) is 6.10 Å². The highest BCUT2D eigenvalue weighted by atomic mass is 35.5. The maximum Gasteiger partial charge on any atom is 0.0631 e. The number of aliphatic hydroxyl groups excluding tert-OH is 1. The van der Waals surface area contributed by atoms with Crippen molar-refractivity contribution < 1.29 is 5.11 Å². The van der Waals surface area contributed by atoms with E-state index in [-0.39, 0.29) is 11.4 Å². The third kappa shape index (κ3) is 5.19. The Kier molecular flexibility index (Phi) is 6.50. The summed E-state index contributed by atoms with van der Waals surface area (Å²) in [5.74, 6) is 0. The quantitative estimate of drug-likeness (QED) is 0.783. The van der Waals surface area contributed by atoms with Gasteiger partial charge in [0.1, 0.15) is 0 Å². The maximum absolute atomic E-state index is 9.59. The zero-order valence-corrected chi connectivity index (χ0v) is 13.0. The van der Waals surface area contributed by atoms with E-state index in [0.29, 0.717) is 6.04 Å². The molecular weight excluding hydrogens is 266 g/mol. The lowest BCUT2D eigenvalue weighted by molar-refractivity contribution is 0.196. The Hall–Kier alpha value is -0.220. The Morgan fingerprint density at radius 3 is 2.50 bits per heavy atom. The molecule has 0 fully saturated rings. The molecule has 102 valence electrons. The lowest BCUT2D eigenvalue weighted by atomic mass is 10.2. The Balaban J connectivity index is 2.82. The number of hydrogen-bond acceptors (Lipinski definition) is 3. The Labute approximate surface area is 119 Å². The number of thioether (sulfide) groups is 1. The first-order valence-corrected chi connectivity index (χ1v) is 7.52. The molecule has 0 aliphatic rings. The van der Waals surface area contributed by atoms with E-state index in [2.05, 4.69) is 25.2 Å². The SMILES string of the molecule is CC(C)NCc1ccc(Cl)cc1SC(C)C(C)O. The topological polar surface area (TPSA) is 32.3 Å². The molecule has 4 heteroatoms. The van der Waals surface area contributed by atoms with Crippen molar-refractivity contribution in [1.29, 1.82) is 0 Å². The van der Waals surface area contributed by atoms with Crippen LogP contribution >= 0.6 is 23.4 Å². The standard InChI is InChI=1S/C14H22ClNOS/c1-9(2)16-8-12-5-6-13(15)7-14(12)18-11(4)10(3)17/h5-7,9-11,16-17H,8H2,1-4H3. The maximum atomic E-state index is 9.59. The molecule has 0 bridgehead atoms. The Morgan fingerprint density at radius 2 is 1.94 bits per heavy atom. The van der Waals surface area contributed by atoms with E-state index in [1.807, 2.05) is 26.0 Å². The van der Waals surface area contributed by atoms with Crippen molar-refractivity contribution in [2.24, 2.45) is 0 Å². The molecule has 2 N–H and O–H groups in total. The van der Waals surface area contributed by atoms with E-state index >= 15 is 0 Å². The number of benzene rings is 1. The van der Waals surface area contributed by atoms with E-state index in [1.54, 1.807) is 11.8 Å². The van der Waals surface area contributed by atoms with Crippen molar-refractivity contribution in [3.63, 3.8) is 0 Å². The van der Waals surface area contributed by atoms with Crippen LogP contribution in [0.5, 0.6) is 0 Å². The van der Waals surface area contributed by atoms with Gasteiger partial charge >= 0.3 is 0 Å². The molecule has 2 unspecified atom stereocenters. The molecule has 0 amide bonds. The number of rotatable bonds is 6. The van der Waals surface area contributed by atoms with Gasteiger partial charge in [-0.1, -0.05) is 38.4 Å². The van der Waals surface area contributed by atoms with Gasteiger partial charge in [-0.25, -0.2) is 0 Å². The fourth-order valence-electron chi connectivity index (χ4n) is 1.40. The minimum absolute atomic E-state index is 0.154. The van der Waals surface area contributed by atoms with Gasteiger partial charge in [-0.3, -0.25) is 0 Å². The monoisotopic (exact) mass is 287 g/mol. The minimum atomic E-state index is -0.333. The van der Waals surface area contributed by atoms with Gasteiger partial charge < -0.3 is 10.4 Å². The van der Waals surface area contributed by atoms with Gasteiger partial charge in [-0.05, 0) is 24.6 Å².